The first-order valence-corrected chi connectivity index (χ1v) is 4.71. The Morgan fingerprint density at radius 1 is 1.12 bits per heavy atom. The molecule has 6 nitrogen and oxygen atoms in total. The Kier molecular flexibility index (Phi) is 3.47. The number of aromatic carboxylic acids is 1. The topological polar surface area (TPSA) is 104 Å². The monoisotopic (exact) mass is 237 g/mol. The number of aromatic hydroxyl groups is 1. The third-order valence-electron chi connectivity index (χ3n) is 2.04. The van der Waals surface area contributed by atoms with Gasteiger partial charge in [-0.2, -0.15) is 0 Å². The summed E-state index contributed by atoms with van der Waals surface area (Å²) < 4.78 is 0. The molecule has 17 heavy (non-hydrogen) atoms. The van der Waals surface area contributed by atoms with E-state index >= 15 is 0 Å². The zero-order valence-corrected chi connectivity index (χ0v) is 9.27. The molecule has 1 rings (SSSR count). The first-order chi connectivity index (χ1) is 7.82. The maximum absolute atomic E-state index is 11.2. The maximum Gasteiger partial charge on any atom is 0.339 e. The van der Waals surface area contributed by atoms with Crippen LogP contribution in [0, 0.1) is 0 Å². The highest BCUT2D eigenvalue weighted by Crippen LogP contribution is 2.27. The van der Waals surface area contributed by atoms with E-state index < -0.39 is 29.0 Å². The molecule has 1 aromatic carbocycles. The second kappa shape index (κ2) is 4.65. The van der Waals surface area contributed by atoms with Crippen LogP contribution in [0.5, 0.6) is 5.75 Å². The van der Waals surface area contributed by atoms with Crippen molar-refractivity contribution in [3.05, 3.63) is 23.3 Å². The largest absolute Gasteiger partial charge is 0.506 e. The van der Waals surface area contributed by atoms with Crippen LogP contribution in [0.4, 0.5) is 5.69 Å². The Morgan fingerprint density at radius 3 is 2.06 bits per heavy atom. The van der Waals surface area contributed by atoms with E-state index in [4.69, 9.17) is 5.11 Å². The molecule has 90 valence electrons. The molecule has 1 aromatic rings. The fourth-order valence-electron chi connectivity index (χ4n) is 1.34. The molecule has 0 fully saturated rings. The number of carbonyl (C=O) groups is 3. The van der Waals surface area contributed by atoms with Crippen molar-refractivity contribution in [2.45, 2.75) is 13.8 Å². The van der Waals surface area contributed by atoms with Gasteiger partial charge in [0.1, 0.15) is 11.3 Å². The molecule has 0 saturated heterocycles. The number of rotatable bonds is 3. The van der Waals surface area contributed by atoms with Crippen molar-refractivity contribution in [1.82, 2.24) is 0 Å². The lowest BCUT2D eigenvalue weighted by Crippen LogP contribution is -2.09. The molecule has 0 unspecified atom stereocenters. The standard InChI is InChI=1S/C11H11NO5/c1-5(13)8-3-7(12-6(2)14)4-9(10(8)15)11(16)17/h3-4,15H,1-2H3,(H,12,14)(H,16,17). The zero-order chi connectivity index (χ0) is 13.2. The summed E-state index contributed by atoms with van der Waals surface area (Å²) in [5.74, 6) is -2.87. The molecular formula is C11H11NO5. The number of ketones is 1. The Bertz CT molecular complexity index is 472. The fourth-order valence-corrected chi connectivity index (χ4v) is 1.34. The quantitative estimate of drug-likeness (QED) is 0.542. The van der Waals surface area contributed by atoms with E-state index in [-0.39, 0.29) is 11.3 Å². The summed E-state index contributed by atoms with van der Waals surface area (Å²) in [5.41, 5.74) is -0.423. The highest BCUT2D eigenvalue weighted by molar-refractivity contribution is 6.04. The van der Waals surface area contributed by atoms with Gasteiger partial charge in [-0.3, -0.25) is 9.59 Å². The summed E-state index contributed by atoms with van der Waals surface area (Å²) in [6.07, 6.45) is 0. The molecule has 0 atom stereocenters. The molecular weight excluding hydrogens is 226 g/mol. The Balaban J connectivity index is 3.41. The summed E-state index contributed by atoms with van der Waals surface area (Å²) in [5, 5.41) is 20.8. The Labute approximate surface area is 96.9 Å². The number of carbonyl (C=O) groups excluding carboxylic acids is 2. The van der Waals surface area contributed by atoms with Crippen LogP contribution < -0.4 is 5.32 Å². The molecule has 6 heteroatoms. The van der Waals surface area contributed by atoms with Gasteiger partial charge in [-0.05, 0) is 19.1 Å². The van der Waals surface area contributed by atoms with Crippen molar-refractivity contribution in [1.29, 1.82) is 0 Å². The van der Waals surface area contributed by atoms with Gasteiger partial charge >= 0.3 is 5.97 Å². The second-order valence-electron chi connectivity index (χ2n) is 3.46. The van der Waals surface area contributed by atoms with Crippen molar-refractivity contribution in [2.24, 2.45) is 0 Å². The van der Waals surface area contributed by atoms with Gasteiger partial charge in [-0.1, -0.05) is 0 Å². The highest BCUT2D eigenvalue weighted by Gasteiger charge is 2.18. The predicted octanol–water partition coefficient (Wildman–Crippen LogP) is 1.25. The van der Waals surface area contributed by atoms with Gasteiger partial charge in [0.2, 0.25) is 5.91 Å². The second-order valence-corrected chi connectivity index (χ2v) is 3.46. The number of phenols is 1. The molecule has 3 N–H and O–H groups in total. The molecule has 0 saturated carbocycles. The molecule has 0 spiro atoms. The Morgan fingerprint density at radius 2 is 1.65 bits per heavy atom. The molecule has 0 radical (unpaired) electrons. The predicted molar refractivity (Wildman–Crippen MR) is 59.4 cm³/mol. The normalized spacial score (nSPS) is 9.76. The first kappa shape index (κ1) is 12.7. The van der Waals surface area contributed by atoms with E-state index in [9.17, 15) is 19.5 Å². The Hall–Kier alpha value is -2.37. The van der Waals surface area contributed by atoms with Crippen molar-refractivity contribution >= 4 is 23.3 Å². The summed E-state index contributed by atoms with van der Waals surface area (Å²) in [6.45, 7) is 2.44. The van der Waals surface area contributed by atoms with Crippen molar-refractivity contribution in [3.8, 4) is 5.75 Å². The molecule has 1 amide bonds. The van der Waals surface area contributed by atoms with Gasteiger partial charge in [-0.25, -0.2) is 4.79 Å². The van der Waals surface area contributed by atoms with Crippen LogP contribution in [0.2, 0.25) is 0 Å². The number of amides is 1. The van der Waals surface area contributed by atoms with E-state index in [2.05, 4.69) is 5.32 Å². The van der Waals surface area contributed by atoms with E-state index in [0.29, 0.717) is 0 Å². The van der Waals surface area contributed by atoms with E-state index in [0.717, 1.165) is 6.07 Å². The zero-order valence-electron chi connectivity index (χ0n) is 9.27. The van der Waals surface area contributed by atoms with Crippen molar-refractivity contribution < 1.29 is 24.6 Å². The number of benzene rings is 1. The van der Waals surface area contributed by atoms with Crippen LogP contribution >= 0.6 is 0 Å². The van der Waals surface area contributed by atoms with Crippen molar-refractivity contribution in [2.75, 3.05) is 5.32 Å². The van der Waals surface area contributed by atoms with Crippen LogP contribution in [-0.4, -0.2) is 27.9 Å². The number of Topliss-reactive ketones (excluding diaryl/α,β-unsaturated/α-hetero) is 1. The fraction of sp³-hybridized carbons (Fsp3) is 0.182. The smallest absolute Gasteiger partial charge is 0.339 e. The van der Waals surface area contributed by atoms with Gasteiger partial charge < -0.3 is 15.5 Å². The number of hydrogen-bond donors (Lipinski definition) is 3. The van der Waals surface area contributed by atoms with Gasteiger partial charge in [0, 0.05) is 12.6 Å². The number of nitrogens with one attached hydrogen (secondary N) is 1. The lowest BCUT2D eigenvalue weighted by Gasteiger charge is -2.09. The van der Waals surface area contributed by atoms with E-state index in [1.54, 1.807) is 0 Å². The van der Waals surface area contributed by atoms with Crippen molar-refractivity contribution in [3.63, 3.8) is 0 Å². The van der Waals surface area contributed by atoms with Crippen LogP contribution in [0.1, 0.15) is 34.6 Å². The van der Waals surface area contributed by atoms with E-state index in [1.165, 1.54) is 19.9 Å². The average molecular weight is 237 g/mol. The minimum absolute atomic E-state index is 0.145. The minimum Gasteiger partial charge on any atom is -0.506 e. The van der Waals surface area contributed by atoms with Gasteiger partial charge in [-0.15, -0.1) is 0 Å². The number of carboxylic acids is 1. The van der Waals surface area contributed by atoms with Gasteiger partial charge in [0.15, 0.2) is 5.78 Å². The van der Waals surface area contributed by atoms with Crippen LogP contribution in [0.25, 0.3) is 0 Å². The number of anilines is 1. The third kappa shape index (κ3) is 2.81. The molecule has 0 bridgehead atoms. The number of hydrogen-bond acceptors (Lipinski definition) is 4. The van der Waals surface area contributed by atoms with Gasteiger partial charge in [0.25, 0.3) is 0 Å². The van der Waals surface area contributed by atoms with Crippen LogP contribution in [-0.2, 0) is 4.79 Å². The first-order valence-electron chi connectivity index (χ1n) is 4.71. The minimum atomic E-state index is -1.38. The lowest BCUT2D eigenvalue weighted by molar-refractivity contribution is -0.114. The molecule has 0 aliphatic heterocycles. The van der Waals surface area contributed by atoms with Crippen LogP contribution in [0.3, 0.4) is 0 Å². The molecule has 0 heterocycles. The average Bonchev–Trinajstić information content (AvgIpc) is 2.18. The lowest BCUT2D eigenvalue weighted by atomic mass is 10.0. The maximum atomic E-state index is 11.2. The summed E-state index contributed by atoms with van der Waals surface area (Å²) in [6, 6.07) is 2.32. The molecule has 0 aliphatic rings. The highest BCUT2D eigenvalue weighted by atomic mass is 16.4. The van der Waals surface area contributed by atoms with E-state index in [1.807, 2.05) is 0 Å². The summed E-state index contributed by atoms with van der Waals surface area (Å²) >= 11 is 0. The summed E-state index contributed by atoms with van der Waals surface area (Å²) in [4.78, 5) is 32.9. The SMILES string of the molecule is CC(=O)Nc1cc(C(C)=O)c(O)c(C(=O)O)c1. The number of carboxylic acid groups (broad SMARTS) is 1. The molecule has 0 aromatic heterocycles. The van der Waals surface area contributed by atoms with Gasteiger partial charge in [0.05, 0.1) is 5.56 Å². The third-order valence-corrected chi connectivity index (χ3v) is 2.04. The van der Waals surface area contributed by atoms with Crippen LogP contribution in [0.15, 0.2) is 12.1 Å². The summed E-state index contributed by atoms with van der Waals surface area (Å²) in [7, 11) is 0. The molecule has 0 aliphatic carbocycles.